The molecule has 2 atom stereocenters. The molecule has 0 aromatic heterocycles. The molecule has 19 heavy (non-hydrogen) atoms. The van der Waals surface area contributed by atoms with Gasteiger partial charge < -0.3 is 20.5 Å². The SMILES string of the molecule is CSCCNC(c1cnc2c[nH]cnc1-2)C(O)CO. The fourth-order valence-electron chi connectivity index (χ4n) is 1.98. The number of aromatic nitrogens is 3. The van der Waals surface area contributed by atoms with Crippen LogP contribution in [0.25, 0.3) is 11.4 Å². The summed E-state index contributed by atoms with van der Waals surface area (Å²) in [6, 6.07) is -0.364. The highest BCUT2D eigenvalue weighted by molar-refractivity contribution is 7.98. The average molecular weight is 282 g/mol. The Hall–Kier alpha value is -1.15. The molecule has 0 aliphatic carbocycles. The van der Waals surface area contributed by atoms with Crippen LogP contribution in [-0.2, 0) is 0 Å². The highest BCUT2D eigenvalue weighted by atomic mass is 32.2. The van der Waals surface area contributed by atoms with E-state index in [9.17, 15) is 10.2 Å². The van der Waals surface area contributed by atoms with Crippen molar-refractivity contribution in [3.63, 3.8) is 0 Å². The summed E-state index contributed by atoms with van der Waals surface area (Å²) < 4.78 is 0. The Kier molecular flexibility index (Phi) is 5.15. The van der Waals surface area contributed by atoms with Crippen molar-refractivity contribution in [2.24, 2.45) is 0 Å². The van der Waals surface area contributed by atoms with Crippen LogP contribution in [0, 0.1) is 0 Å². The van der Waals surface area contributed by atoms with E-state index < -0.39 is 6.10 Å². The molecule has 6 nitrogen and oxygen atoms in total. The van der Waals surface area contributed by atoms with Gasteiger partial charge in [-0.05, 0) is 6.26 Å². The van der Waals surface area contributed by atoms with Gasteiger partial charge >= 0.3 is 0 Å². The fourth-order valence-corrected chi connectivity index (χ4v) is 2.30. The lowest BCUT2D eigenvalue weighted by Gasteiger charge is -2.22. The molecule has 0 spiro atoms. The minimum Gasteiger partial charge on any atom is -0.394 e. The van der Waals surface area contributed by atoms with Crippen LogP contribution in [0.15, 0.2) is 18.7 Å². The summed E-state index contributed by atoms with van der Waals surface area (Å²) >= 11 is 1.72. The summed E-state index contributed by atoms with van der Waals surface area (Å²) in [6.07, 6.45) is 6.19. The molecule has 0 saturated carbocycles. The van der Waals surface area contributed by atoms with Crippen molar-refractivity contribution in [3.05, 3.63) is 24.3 Å². The minimum absolute atomic E-state index is 0.303. The van der Waals surface area contributed by atoms with E-state index in [0.29, 0.717) is 0 Å². The van der Waals surface area contributed by atoms with Crippen LogP contribution in [0.1, 0.15) is 11.6 Å². The van der Waals surface area contributed by atoms with Crippen LogP contribution in [0.5, 0.6) is 0 Å². The van der Waals surface area contributed by atoms with E-state index in [1.807, 2.05) is 6.26 Å². The average Bonchev–Trinajstić information content (AvgIpc) is 2.87. The van der Waals surface area contributed by atoms with Crippen molar-refractivity contribution >= 4 is 11.8 Å². The lowest BCUT2D eigenvalue weighted by Crippen LogP contribution is -2.35. The lowest BCUT2D eigenvalue weighted by atomic mass is 10.0. The third-order valence-corrected chi connectivity index (χ3v) is 3.54. The third kappa shape index (κ3) is 3.24. The number of aliphatic hydroxyl groups excluding tert-OH is 2. The molecule has 0 amide bonds. The summed E-state index contributed by atoms with van der Waals surface area (Å²) in [5, 5.41) is 22.4. The third-order valence-electron chi connectivity index (χ3n) is 2.92. The monoisotopic (exact) mass is 282 g/mol. The van der Waals surface area contributed by atoms with E-state index in [0.717, 1.165) is 29.2 Å². The first kappa shape index (κ1) is 14.3. The van der Waals surface area contributed by atoms with E-state index in [-0.39, 0.29) is 12.6 Å². The Balaban J connectivity index is 2.22. The Labute approximate surface area is 116 Å². The summed E-state index contributed by atoms with van der Waals surface area (Å²) in [5.74, 6) is 0.932. The van der Waals surface area contributed by atoms with Crippen molar-refractivity contribution in [2.45, 2.75) is 12.1 Å². The van der Waals surface area contributed by atoms with Gasteiger partial charge in [-0.1, -0.05) is 0 Å². The molecule has 2 aliphatic rings. The second-order valence-electron chi connectivity index (χ2n) is 4.19. The normalized spacial score (nSPS) is 14.7. The molecule has 0 aromatic rings. The first-order valence-corrected chi connectivity index (χ1v) is 7.46. The molecule has 2 unspecified atom stereocenters. The van der Waals surface area contributed by atoms with Gasteiger partial charge in [0.2, 0.25) is 0 Å². The second-order valence-corrected chi connectivity index (χ2v) is 5.18. The Bertz CT molecular complexity index is 479. The van der Waals surface area contributed by atoms with Crippen LogP contribution in [0.4, 0.5) is 0 Å². The molecule has 0 radical (unpaired) electrons. The predicted octanol–water partition coefficient (Wildman–Crippen LogP) is 0.256. The molecule has 2 rings (SSSR count). The van der Waals surface area contributed by atoms with Gasteiger partial charge in [0, 0.05) is 30.3 Å². The number of nitrogens with zero attached hydrogens (tertiary/aromatic N) is 2. The zero-order valence-corrected chi connectivity index (χ0v) is 11.5. The summed E-state index contributed by atoms with van der Waals surface area (Å²) in [4.78, 5) is 11.4. The minimum atomic E-state index is -0.875. The van der Waals surface area contributed by atoms with Gasteiger partial charge in [-0.15, -0.1) is 0 Å². The highest BCUT2D eigenvalue weighted by Crippen LogP contribution is 2.28. The number of nitrogens with one attached hydrogen (secondary N) is 2. The summed E-state index contributed by atoms with van der Waals surface area (Å²) in [6.45, 7) is 0.442. The van der Waals surface area contributed by atoms with Crippen LogP contribution in [-0.4, -0.2) is 56.4 Å². The molecule has 7 heteroatoms. The maximum absolute atomic E-state index is 9.97. The van der Waals surface area contributed by atoms with Crippen molar-refractivity contribution in [1.29, 1.82) is 0 Å². The van der Waals surface area contributed by atoms with Gasteiger partial charge in [0.25, 0.3) is 0 Å². The smallest absolute Gasteiger partial charge is 0.105 e. The van der Waals surface area contributed by atoms with Gasteiger partial charge in [-0.25, -0.2) is 4.98 Å². The predicted molar refractivity (Wildman–Crippen MR) is 75.2 cm³/mol. The first-order chi connectivity index (χ1) is 9.27. The molecule has 104 valence electrons. The molecule has 2 aliphatic heterocycles. The Morgan fingerprint density at radius 2 is 2.32 bits per heavy atom. The van der Waals surface area contributed by atoms with Crippen molar-refractivity contribution in [3.8, 4) is 11.4 Å². The zero-order chi connectivity index (χ0) is 13.7. The van der Waals surface area contributed by atoms with Crippen LogP contribution in [0.3, 0.4) is 0 Å². The number of hydrogen-bond donors (Lipinski definition) is 4. The lowest BCUT2D eigenvalue weighted by molar-refractivity contribution is 0.0632. The Morgan fingerprint density at radius 1 is 1.47 bits per heavy atom. The number of aromatic amines is 1. The number of fused-ring (bicyclic) bond motifs is 1. The molecule has 0 aromatic carbocycles. The first-order valence-electron chi connectivity index (χ1n) is 6.06. The van der Waals surface area contributed by atoms with Crippen molar-refractivity contribution in [1.82, 2.24) is 20.3 Å². The number of aliphatic hydroxyl groups is 2. The molecule has 2 heterocycles. The number of hydrogen-bond acceptors (Lipinski definition) is 6. The topological polar surface area (TPSA) is 94.1 Å². The van der Waals surface area contributed by atoms with E-state index in [1.165, 1.54) is 0 Å². The molecule has 0 saturated heterocycles. The van der Waals surface area contributed by atoms with Gasteiger partial charge in [0.1, 0.15) is 5.69 Å². The maximum Gasteiger partial charge on any atom is 0.105 e. The highest BCUT2D eigenvalue weighted by Gasteiger charge is 2.26. The van der Waals surface area contributed by atoms with Gasteiger partial charge in [0.05, 0.1) is 30.8 Å². The van der Waals surface area contributed by atoms with E-state index in [1.54, 1.807) is 30.5 Å². The number of H-pyrrole nitrogens is 1. The van der Waals surface area contributed by atoms with E-state index >= 15 is 0 Å². The zero-order valence-electron chi connectivity index (χ0n) is 10.7. The van der Waals surface area contributed by atoms with Crippen LogP contribution < -0.4 is 5.32 Å². The van der Waals surface area contributed by atoms with Crippen LogP contribution >= 0.6 is 11.8 Å². The van der Waals surface area contributed by atoms with Crippen LogP contribution in [0.2, 0.25) is 0 Å². The van der Waals surface area contributed by atoms with Crippen molar-refractivity contribution < 1.29 is 10.2 Å². The molecular formula is C12H18N4O2S. The maximum atomic E-state index is 9.97. The largest absolute Gasteiger partial charge is 0.394 e. The van der Waals surface area contributed by atoms with Gasteiger partial charge in [0.15, 0.2) is 0 Å². The summed E-state index contributed by atoms with van der Waals surface area (Å²) in [7, 11) is 0. The van der Waals surface area contributed by atoms with Gasteiger partial charge in [-0.2, -0.15) is 11.8 Å². The second kappa shape index (κ2) is 6.85. The molecule has 0 fully saturated rings. The Morgan fingerprint density at radius 3 is 3.05 bits per heavy atom. The fraction of sp³-hybridized carbons (Fsp3) is 0.500. The molecule has 4 N–H and O–H groups in total. The standard InChI is InChI=1S/C12H18N4O2S/c1-19-3-2-14-12(10(18)6-17)8-4-15-9-5-13-7-16-11(8)9/h4-5,7,10,12,14,17-18H,2-3,6H2,1H3,(H,13,16). The number of rotatable bonds is 7. The number of thioether (sulfide) groups is 1. The van der Waals surface area contributed by atoms with E-state index in [4.69, 9.17) is 0 Å². The van der Waals surface area contributed by atoms with E-state index in [2.05, 4.69) is 20.3 Å². The summed E-state index contributed by atoms with van der Waals surface area (Å²) in [5.41, 5.74) is 2.30. The molecular weight excluding hydrogens is 264 g/mol. The van der Waals surface area contributed by atoms with Gasteiger partial charge in [-0.3, -0.25) is 4.98 Å². The van der Waals surface area contributed by atoms with Crippen molar-refractivity contribution in [2.75, 3.05) is 25.2 Å². The quantitative estimate of drug-likeness (QED) is 0.544. The molecule has 0 bridgehead atoms.